The number of unbranched alkanes of at least 4 members (excludes halogenated alkanes) is 1. The second-order valence-corrected chi connectivity index (χ2v) is 20.7. The number of amides is 2. The smallest absolute Gasteiger partial charge is 0.235 e. The van der Waals surface area contributed by atoms with Crippen molar-refractivity contribution >= 4 is 75.7 Å². The van der Waals surface area contributed by atoms with Gasteiger partial charge in [-0.2, -0.15) is 11.8 Å². The molecule has 5 heterocycles. The molecule has 310 valence electrons. The number of aromatic nitrogens is 5. The molecule has 2 saturated heterocycles. The lowest BCUT2D eigenvalue weighted by molar-refractivity contribution is -0.139. The molecule has 2 N–H and O–H groups in total. The normalized spacial score (nSPS) is 25.9. The molecule has 7 rings (SSSR count). The third-order valence-electron chi connectivity index (χ3n) is 13.2. The minimum Gasteiger partial charge on any atom is -0.341 e. The second-order valence-electron chi connectivity index (χ2n) is 17.3. The number of benzene rings is 1. The van der Waals surface area contributed by atoms with Gasteiger partial charge in [0.1, 0.15) is 17.2 Å². The van der Waals surface area contributed by atoms with E-state index in [0.29, 0.717) is 24.0 Å². The quantitative estimate of drug-likeness (QED) is 0.115. The van der Waals surface area contributed by atoms with Crippen LogP contribution in [-0.2, 0) is 15.1 Å². The number of fused-ring (bicyclic) bond motifs is 2. The summed E-state index contributed by atoms with van der Waals surface area (Å²) >= 11 is 3.67. The lowest BCUT2D eigenvalue weighted by Crippen LogP contribution is -2.58. The van der Waals surface area contributed by atoms with Crippen molar-refractivity contribution in [3.05, 3.63) is 54.4 Å². The summed E-state index contributed by atoms with van der Waals surface area (Å²) in [4.78, 5) is 54.5. The molecular formula is C45H61N7O2P2S2. The fourth-order valence-corrected chi connectivity index (χ4v) is 13.1. The highest BCUT2D eigenvalue weighted by molar-refractivity contribution is 8.00. The molecule has 58 heavy (non-hydrogen) atoms. The highest BCUT2D eigenvalue weighted by Crippen LogP contribution is 2.61. The summed E-state index contributed by atoms with van der Waals surface area (Å²) in [7, 11) is 4.40. The maximum Gasteiger partial charge on any atom is 0.235 e. The van der Waals surface area contributed by atoms with Crippen molar-refractivity contribution in [3.8, 4) is 22.4 Å². The van der Waals surface area contributed by atoms with Gasteiger partial charge in [-0.05, 0) is 86.5 Å². The standard InChI is InChI=1S/C45H61N7O2P2S2/c1-8-9-12-30-19-34(25-51(24-30)42(54)36(26-55)28(2)3)39-48-37-20-33(22-46-40(37)50-39)31-14-16-32(17-15-31)38-23-47-43(49-38)44(27-57-6)21-35-13-10-11-18-45(35,58-7)52(44)41(53)29(4)56-5/h14-17,20,22-23,26,28-30,34-36,55H,5,8-13,18-19,21,24-25,27H2,1-4,6-7H3,(H,47,49)(H,46,48,50). The molecule has 0 bridgehead atoms. The predicted molar refractivity (Wildman–Crippen MR) is 250 cm³/mol. The number of hydrogen-bond donors (Lipinski definition) is 2. The largest absolute Gasteiger partial charge is 0.341 e. The van der Waals surface area contributed by atoms with E-state index in [1.165, 1.54) is 6.42 Å². The van der Waals surface area contributed by atoms with E-state index in [1.54, 1.807) is 11.8 Å². The number of rotatable bonds is 15. The van der Waals surface area contributed by atoms with Gasteiger partial charge in [-0.25, -0.2) is 15.0 Å². The van der Waals surface area contributed by atoms with Crippen LogP contribution in [0, 0.1) is 23.7 Å². The zero-order valence-electron chi connectivity index (χ0n) is 35.1. The number of piperidine rings is 1. The molecule has 3 aliphatic rings. The summed E-state index contributed by atoms with van der Waals surface area (Å²) in [5.41, 5.74) is 4.98. The highest BCUT2D eigenvalue weighted by atomic mass is 32.2. The zero-order valence-corrected chi connectivity index (χ0v) is 38.6. The van der Waals surface area contributed by atoms with Crippen LogP contribution in [0.25, 0.3) is 33.5 Å². The van der Waals surface area contributed by atoms with Gasteiger partial charge in [-0.3, -0.25) is 9.59 Å². The van der Waals surface area contributed by atoms with Gasteiger partial charge in [0.2, 0.25) is 11.8 Å². The van der Waals surface area contributed by atoms with Crippen LogP contribution in [0.4, 0.5) is 0 Å². The lowest BCUT2D eigenvalue weighted by atomic mass is 9.82. The summed E-state index contributed by atoms with van der Waals surface area (Å²) in [5, 5.41) is 0. The van der Waals surface area contributed by atoms with Gasteiger partial charge < -0.3 is 19.8 Å². The molecular weight excluding hydrogens is 797 g/mol. The molecule has 4 aromatic rings. The molecule has 0 radical (unpaired) electrons. The Hall–Kier alpha value is -2.97. The minimum absolute atomic E-state index is 0.129. The summed E-state index contributed by atoms with van der Waals surface area (Å²) in [5.74, 6) is 5.92. The fourth-order valence-electron chi connectivity index (χ4n) is 10.1. The van der Waals surface area contributed by atoms with Crippen LogP contribution in [0.15, 0.2) is 42.7 Å². The number of pyridine rings is 1. The summed E-state index contributed by atoms with van der Waals surface area (Å²) in [6.45, 7) is 9.93. The Labute approximate surface area is 357 Å². The topological polar surface area (TPSA) is 111 Å². The molecule has 1 aliphatic carbocycles. The van der Waals surface area contributed by atoms with E-state index in [2.05, 4.69) is 98.5 Å². The highest BCUT2D eigenvalue weighted by Gasteiger charge is 2.64. The molecule has 0 spiro atoms. The molecule has 9 nitrogen and oxygen atoms in total. The van der Waals surface area contributed by atoms with Crippen LogP contribution in [0.1, 0.15) is 103 Å². The second kappa shape index (κ2) is 18.3. The lowest BCUT2D eigenvalue weighted by Gasteiger charge is -2.49. The van der Waals surface area contributed by atoms with Gasteiger partial charge >= 0.3 is 0 Å². The Bertz CT molecular complexity index is 2110. The number of aromatic amines is 2. The number of nitrogens with zero attached hydrogens (tertiary/aromatic N) is 5. The number of imidazole rings is 2. The number of nitrogens with one attached hydrogen (secondary N) is 2. The number of likely N-dealkylation sites (tertiary alicyclic amines) is 2. The van der Waals surface area contributed by atoms with E-state index in [-0.39, 0.29) is 40.1 Å². The van der Waals surface area contributed by atoms with Crippen molar-refractivity contribution in [1.82, 2.24) is 34.7 Å². The van der Waals surface area contributed by atoms with E-state index in [9.17, 15) is 9.59 Å². The number of hydrogen-bond acceptors (Lipinski definition) is 7. The van der Waals surface area contributed by atoms with Crippen LogP contribution in [0.3, 0.4) is 0 Å². The van der Waals surface area contributed by atoms with Crippen molar-refractivity contribution in [2.75, 3.05) is 31.4 Å². The SMILES string of the molecule is C=PC(C)C(=O)N1C(CSC)(c2ncc(-c3ccc(-c4cnc5nc(C6CC(CCCC)CN(C(=O)C(C=P)C(C)C)C6)[nH]c5c4)cc3)[nH]2)CC2CCCCC21SC. The number of carbonyl (C=O) groups is 2. The first-order chi connectivity index (χ1) is 28.0. The third-order valence-corrected chi connectivity index (χ3v) is 16.6. The summed E-state index contributed by atoms with van der Waals surface area (Å²) in [6.07, 6.45) is 22.2. The molecule has 3 aromatic heterocycles. The fraction of sp³-hybridized carbons (Fsp3) is 0.578. The van der Waals surface area contributed by atoms with Gasteiger partial charge in [0.05, 0.1) is 33.9 Å². The zero-order chi connectivity index (χ0) is 41.2. The molecule has 1 saturated carbocycles. The number of carbonyl (C=O) groups excluding carboxylic acids is 2. The first-order valence-electron chi connectivity index (χ1n) is 21.2. The van der Waals surface area contributed by atoms with Crippen LogP contribution < -0.4 is 0 Å². The molecule has 7 atom stereocenters. The average molecular weight is 858 g/mol. The predicted octanol–water partition coefficient (Wildman–Crippen LogP) is 10.2. The summed E-state index contributed by atoms with van der Waals surface area (Å²) in [6, 6.07) is 10.7. The van der Waals surface area contributed by atoms with E-state index in [1.807, 2.05) is 36.9 Å². The van der Waals surface area contributed by atoms with Crippen molar-refractivity contribution in [2.24, 2.45) is 23.7 Å². The Morgan fingerprint density at radius 1 is 1.05 bits per heavy atom. The van der Waals surface area contributed by atoms with Crippen molar-refractivity contribution < 1.29 is 9.59 Å². The molecule has 2 amide bonds. The maximum absolute atomic E-state index is 14.4. The van der Waals surface area contributed by atoms with E-state index in [4.69, 9.17) is 15.0 Å². The first-order valence-corrected chi connectivity index (χ1v) is 25.5. The Morgan fingerprint density at radius 2 is 1.83 bits per heavy atom. The van der Waals surface area contributed by atoms with Gasteiger partial charge in [0.15, 0.2) is 5.65 Å². The van der Waals surface area contributed by atoms with Crippen molar-refractivity contribution in [2.45, 2.75) is 107 Å². The van der Waals surface area contributed by atoms with Crippen molar-refractivity contribution in [3.63, 3.8) is 0 Å². The molecule has 13 heteroatoms. The van der Waals surface area contributed by atoms with E-state index >= 15 is 0 Å². The van der Waals surface area contributed by atoms with Crippen LogP contribution in [0.5, 0.6) is 0 Å². The van der Waals surface area contributed by atoms with Crippen molar-refractivity contribution in [1.29, 1.82) is 0 Å². The van der Waals surface area contributed by atoms with Gasteiger partial charge in [-0.15, -0.1) is 20.6 Å². The monoisotopic (exact) mass is 857 g/mol. The molecule has 3 fully saturated rings. The van der Waals surface area contributed by atoms with E-state index < -0.39 is 5.54 Å². The molecule has 2 aliphatic heterocycles. The first kappa shape index (κ1) is 43.1. The Kier molecular flexibility index (Phi) is 13.6. The third kappa shape index (κ3) is 8.11. The average Bonchev–Trinajstić information content (AvgIpc) is 3.98. The number of thioether (sulfide) groups is 2. The Morgan fingerprint density at radius 3 is 2.52 bits per heavy atom. The Balaban J connectivity index is 1.13. The maximum atomic E-state index is 14.4. The van der Waals surface area contributed by atoms with Crippen LogP contribution in [0.2, 0.25) is 0 Å². The molecule has 7 unspecified atom stereocenters. The molecule has 1 aromatic carbocycles. The van der Waals surface area contributed by atoms with Gasteiger partial charge in [-0.1, -0.05) is 91.0 Å². The summed E-state index contributed by atoms with van der Waals surface area (Å²) < 4.78 is 0. The minimum atomic E-state index is -0.514. The number of H-pyrrole nitrogens is 2. The van der Waals surface area contributed by atoms with E-state index in [0.717, 1.165) is 111 Å². The van der Waals surface area contributed by atoms with Gasteiger partial charge in [0, 0.05) is 36.5 Å². The van der Waals surface area contributed by atoms with Gasteiger partial charge in [0.25, 0.3) is 0 Å². The van der Waals surface area contributed by atoms with Crippen LogP contribution >= 0.6 is 40.6 Å². The van der Waals surface area contributed by atoms with Crippen LogP contribution in [-0.4, -0.2) is 101 Å².